The predicted octanol–water partition coefficient (Wildman–Crippen LogP) is 3.11. The van der Waals surface area contributed by atoms with Crippen LogP contribution in [0.15, 0.2) is 18.2 Å². The maximum Gasteiger partial charge on any atom is 0.415 e. The molecule has 0 saturated carbocycles. The van der Waals surface area contributed by atoms with Crippen molar-refractivity contribution in [3.05, 3.63) is 28.8 Å². The van der Waals surface area contributed by atoms with E-state index in [1.54, 1.807) is 23.1 Å². The Morgan fingerprint density at radius 3 is 2.63 bits per heavy atom. The number of carbonyl (C=O) groups excluding carboxylic acids is 1. The van der Waals surface area contributed by atoms with Crippen molar-refractivity contribution in [3.8, 4) is 5.75 Å². The second-order valence-corrected chi connectivity index (χ2v) is 4.49. The lowest BCUT2D eigenvalue weighted by Gasteiger charge is -2.19. The fourth-order valence-electron chi connectivity index (χ4n) is 1.77. The summed E-state index contributed by atoms with van der Waals surface area (Å²) in [6.45, 7) is 5.07. The first-order valence-electron chi connectivity index (χ1n) is 6.49. The Morgan fingerprint density at radius 1 is 1.37 bits per heavy atom. The Labute approximate surface area is 118 Å². The molecule has 1 amide bonds. The van der Waals surface area contributed by atoms with Crippen LogP contribution in [0.2, 0.25) is 5.02 Å². The van der Waals surface area contributed by atoms with E-state index in [2.05, 4.69) is 0 Å². The fourth-order valence-corrected chi connectivity index (χ4v) is 2.03. The Hall–Kier alpha value is -1.26. The Kier molecular flexibility index (Phi) is 6.67. The van der Waals surface area contributed by atoms with Crippen molar-refractivity contribution in [2.24, 2.45) is 0 Å². The summed E-state index contributed by atoms with van der Waals surface area (Å²) in [7, 11) is 0. The predicted molar refractivity (Wildman–Crippen MR) is 75.8 cm³/mol. The quantitative estimate of drug-likeness (QED) is 0.874. The molecule has 0 bridgehead atoms. The highest BCUT2D eigenvalue weighted by Gasteiger charge is 2.15. The van der Waals surface area contributed by atoms with E-state index in [0.717, 1.165) is 5.56 Å². The summed E-state index contributed by atoms with van der Waals surface area (Å²) >= 11 is 6.11. The van der Waals surface area contributed by atoms with Crippen LogP contribution in [0.1, 0.15) is 25.8 Å². The lowest BCUT2D eigenvalue weighted by Crippen LogP contribution is -2.33. The van der Waals surface area contributed by atoms with E-state index < -0.39 is 0 Å². The van der Waals surface area contributed by atoms with E-state index in [0.29, 0.717) is 36.7 Å². The number of hydrogen-bond donors (Lipinski definition) is 1. The standard InChI is InChI=1S/C14H20ClNO3/c1-3-16(4-2)14(18)19-13-9-5-8-12(15)11(13)7-6-10-17/h5,8-9,17H,3-4,6-7,10H2,1-2H3. The Balaban J connectivity index is 2.87. The Bertz CT molecular complexity index is 419. The summed E-state index contributed by atoms with van der Waals surface area (Å²) < 4.78 is 5.39. The van der Waals surface area contributed by atoms with Gasteiger partial charge in [0.1, 0.15) is 5.75 Å². The molecular weight excluding hydrogens is 266 g/mol. The van der Waals surface area contributed by atoms with Crippen LogP contribution in [-0.2, 0) is 6.42 Å². The molecule has 0 unspecified atom stereocenters. The van der Waals surface area contributed by atoms with Gasteiger partial charge in [-0.1, -0.05) is 17.7 Å². The van der Waals surface area contributed by atoms with Gasteiger partial charge in [-0.05, 0) is 38.8 Å². The van der Waals surface area contributed by atoms with Crippen LogP contribution in [0.4, 0.5) is 4.79 Å². The molecule has 4 nitrogen and oxygen atoms in total. The molecule has 0 aromatic heterocycles. The van der Waals surface area contributed by atoms with Crippen LogP contribution >= 0.6 is 11.6 Å². The minimum absolute atomic E-state index is 0.0780. The molecular formula is C14H20ClNO3. The van der Waals surface area contributed by atoms with E-state index >= 15 is 0 Å². The molecule has 19 heavy (non-hydrogen) atoms. The van der Waals surface area contributed by atoms with Gasteiger partial charge in [0.15, 0.2) is 0 Å². The maximum atomic E-state index is 11.9. The van der Waals surface area contributed by atoms with Crippen LogP contribution in [0, 0.1) is 0 Å². The molecule has 0 aliphatic heterocycles. The number of aliphatic hydroxyl groups is 1. The van der Waals surface area contributed by atoms with Gasteiger partial charge in [0.05, 0.1) is 0 Å². The number of nitrogens with zero attached hydrogens (tertiary/aromatic N) is 1. The number of halogens is 1. The molecule has 0 aliphatic rings. The minimum Gasteiger partial charge on any atom is -0.410 e. The van der Waals surface area contributed by atoms with Gasteiger partial charge in [0.25, 0.3) is 0 Å². The molecule has 0 spiro atoms. The van der Waals surface area contributed by atoms with E-state index in [4.69, 9.17) is 21.4 Å². The summed E-state index contributed by atoms with van der Waals surface area (Å²) in [6, 6.07) is 5.22. The molecule has 0 saturated heterocycles. The smallest absolute Gasteiger partial charge is 0.410 e. The molecule has 0 aliphatic carbocycles. The zero-order chi connectivity index (χ0) is 14.3. The third kappa shape index (κ3) is 4.40. The van der Waals surface area contributed by atoms with Crippen molar-refractivity contribution in [1.29, 1.82) is 0 Å². The highest BCUT2D eigenvalue weighted by molar-refractivity contribution is 6.31. The first-order valence-corrected chi connectivity index (χ1v) is 6.86. The van der Waals surface area contributed by atoms with Crippen molar-refractivity contribution in [1.82, 2.24) is 4.90 Å². The van der Waals surface area contributed by atoms with Crippen LogP contribution in [0.3, 0.4) is 0 Å². The average Bonchev–Trinajstić information content (AvgIpc) is 2.39. The molecule has 0 radical (unpaired) electrons. The fraction of sp³-hybridized carbons (Fsp3) is 0.500. The van der Waals surface area contributed by atoms with Gasteiger partial charge >= 0.3 is 6.09 Å². The topological polar surface area (TPSA) is 49.8 Å². The third-order valence-corrected chi connectivity index (χ3v) is 3.23. The first-order chi connectivity index (χ1) is 9.13. The van der Waals surface area contributed by atoms with E-state index in [1.165, 1.54) is 0 Å². The van der Waals surface area contributed by atoms with Crippen molar-refractivity contribution in [3.63, 3.8) is 0 Å². The SMILES string of the molecule is CCN(CC)C(=O)Oc1cccc(Cl)c1CCCO. The van der Waals surface area contributed by atoms with Gasteiger partial charge in [-0.25, -0.2) is 4.79 Å². The Morgan fingerprint density at radius 2 is 2.05 bits per heavy atom. The number of rotatable bonds is 6. The summed E-state index contributed by atoms with van der Waals surface area (Å²) in [5, 5.41) is 9.45. The zero-order valence-electron chi connectivity index (χ0n) is 11.4. The first kappa shape index (κ1) is 15.8. The average molecular weight is 286 g/mol. The monoisotopic (exact) mass is 285 g/mol. The minimum atomic E-state index is -0.377. The number of carbonyl (C=O) groups is 1. The highest BCUT2D eigenvalue weighted by Crippen LogP contribution is 2.28. The van der Waals surface area contributed by atoms with Crippen molar-refractivity contribution in [2.45, 2.75) is 26.7 Å². The summed E-state index contributed by atoms with van der Waals surface area (Å²) in [5.41, 5.74) is 0.763. The van der Waals surface area contributed by atoms with E-state index in [-0.39, 0.29) is 12.7 Å². The number of hydrogen-bond acceptors (Lipinski definition) is 3. The van der Waals surface area contributed by atoms with Crippen LogP contribution in [-0.4, -0.2) is 35.8 Å². The van der Waals surface area contributed by atoms with Gasteiger partial charge in [-0.15, -0.1) is 0 Å². The molecule has 0 fully saturated rings. The summed E-state index contributed by atoms with van der Waals surface area (Å²) in [6.07, 6.45) is 0.786. The van der Waals surface area contributed by atoms with Crippen molar-refractivity contribution < 1.29 is 14.6 Å². The van der Waals surface area contributed by atoms with Gasteiger partial charge in [0, 0.05) is 30.3 Å². The van der Waals surface area contributed by atoms with Crippen LogP contribution < -0.4 is 4.74 Å². The number of benzene rings is 1. The molecule has 1 N–H and O–H groups in total. The van der Waals surface area contributed by atoms with Crippen LogP contribution in [0.5, 0.6) is 5.75 Å². The van der Waals surface area contributed by atoms with Gasteiger partial charge in [-0.2, -0.15) is 0 Å². The molecule has 5 heteroatoms. The molecule has 0 heterocycles. The van der Waals surface area contributed by atoms with Crippen LogP contribution in [0.25, 0.3) is 0 Å². The highest BCUT2D eigenvalue weighted by atomic mass is 35.5. The molecule has 0 atom stereocenters. The molecule has 106 valence electrons. The van der Waals surface area contributed by atoms with Gasteiger partial charge < -0.3 is 14.7 Å². The summed E-state index contributed by atoms with van der Waals surface area (Å²) in [4.78, 5) is 13.5. The molecule has 1 rings (SSSR count). The lowest BCUT2D eigenvalue weighted by molar-refractivity contribution is 0.157. The number of amides is 1. The summed E-state index contributed by atoms with van der Waals surface area (Å²) in [5.74, 6) is 0.470. The molecule has 1 aromatic carbocycles. The number of ether oxygens (including phenoxy) is 1. The second-order valence-electron chi connectivity index (χ2n) is 4.08. The molecule has 1 aromatic rings. The third-order valence-electron chi connectivity index (χ3n) is 2.88. The number of aliphatic hydroxyl groups excluding tert-OH is 1. The van der Waals surface area contributed by atoms with Crippen molar-refractivity contribution >= 4 is 17.7 Å². The van der Waals surface area contributed by atoms with Crippen molar-refractivity contribution in [2.75, 3.05) is 19.7 Å². The lowest BCUT2D eigenvalue weighted by atomic mass is 10.1. The normalized spacial score (nSPS) is 10.3. The maximum absolute atomic E-state index is 11.9. The largest absolute Gasteiger partial charge is 0.415 e. The van der Waals surface area contributed by atoms with E-state index in [9.17, 15) is 4.79 Å². The van der Waals surface area contributed by atoms with Gasteiger partial charge in [0.2, 0.25) is 0 Å². The zero-order valence-corrected chi connectivity index (χ0v) is 12.1. The van der Waals surface area contributed by atoms with Gasteiger partial charge in [-0.3, -0.25) is 0 Å². The van der Waals surface area contributed by atoms with E-state index in [1.807, 2.05) is 13.8 Å². The second kappa shape index (κ2) is 8.02.